The fraction of sp³-hybridized carbons (Fsp3) is 0.125. The van der Waals surface area contributed by atoms with E-state index in [1.165, 1.54) is 27.1 Å². The minimum atomic E-state index is 0.961. The Hall–Kier alpha value is -2.42. The van der Waals surface area contributed by atoms with Gasteiger partial charge in [0.15, 0.2) is 0 Å². The maximum absolute atomic E-state index is 4.49. The number of aromatic nitrogens is 3. The Balaban J connectivity index is 2.29. The molecule has 92 valence electrons. The summed E-state index contributed by atoms with van der Waals surface area (Å²) in [5, 5.41) is 13.9. The van der Waals surface area contributed by atoms with E-state index >= 15 is 0 Å². The van der Waals surface area contributed by atoms with E-state index in [-0.39, 0.29) is 0 Å². The second kappa shape index (κ2) is 3.54. The van der Waals surface area contributed by atoms with E-state index in [4.69, 9.17) is 0 Å². The Bertz CT molecular complexity index is 935. The van der Waals surface area contributed by atoms with Gasteiger partial charge in [0.25, 0.3) is 0 Å². The molecule has 4 rings (SSSR count). The molecule has 3 aromatic carbocycles. The molecule has 0 atom stereocenters. The van der Waals surface area contributed by atoms with Crippen molar-refractivity contribution in [3.63, 3.8) is 0 Å². The van der Waals surface area contributed by atoms with Crippen LogP contribution in [0.2, 0.25) is 0 Å². The highest BCUT2D eigenvalue weighted by Gasteiger charge is 2.09. The van der Waals surface area contributed by atoms with Crippen molar-refractivity contribution in [3.05, 3.63) is 48.0 Å². The van der Waals surface area contributed by atoms with E-state index in [0.29, 0.717) is 0 Å². The minimum absolute atomic E-state index is 0.961. The predicted octanol–water partition coefficient (Wildman–Crippen LogP) is 3.58. The molecule has 1 aromatic heterocycles. The molecule has 19 heavy (non-hydrogen) atoms. The van der Waals surface area contributed by atoms with Crippen molar-refractivity contribution in [3.8, 4) is 0 Å². The third-order valence-corrected chi connectivity index (χ3v) is 3.66. The molecule has 0 fully saturated rings. The average molecular weight is 247 g/mol. The highest BCUT2D eigenvalue weighted by molar-refractivity contribution is 6.10. The minimum Gasteiger partial charge on any atom is -0.187 e. The third-order valence-electron chi connectivity index (χ3n) is 3.66. The summed E-state index contributed by atoms with van der Waals surface area (Å²) in [6, 6.07) is 15.0. The van der Waals surface area contributed by atoms with Crippen LogP contribution in [0.25, 0.3) is 32.6 Å². The van der Waals surface area contributed by atoms with Crippen LogP contribution in [-0.4, -0.2) is 15.0 Å². The van der Waals surface area contributed by atoms with Gasteiger partial charge in [0, 0.05) is 12.4 Å². The van der Waals surface area contributed by atoms with Gasteiger partial charge in [0.05, 0.1) is 0 Å². The summed E-state index contributed by atoms with van der Waals surface area (Å²) < 4.78 is 0. The third kappa shape index (κ3) is 1.45. The summed E-state index contributed by atoms with van der Waals surface area (Å²) in [4.78, 5) is 1.64. The Morgan fingerprint density at radius 1 is 0.895 bits per heavy atom. The molecular weight excluding hydrogens is 234 g/mol. The Labute approximate surface area is 110 Å². The summed E-state index contributed by atoms with van der Waals surface area (Å²) in [6.07, 6.45) is 0. The summed E-state index contributed by atoms with van der Waals surface area (Å²) in [6.45, 7) is 2.13. The lowest BCUT2D eigenvalue weighted by Crippen LogP contribution is -1.90. The molecule has 4 aromatic rings. The topological polar surface area (TPSA) is 30.7 Å². The zero-order chi connectivity index (χ0) is 13.0. The molecule has 0 saturated heterocycles. The van der Waals surface area contributed by atoms with Crippen LogP contribution in [0.3, 0.4) is 0 Å². The van der Waals surface area contributed by atoms with Gasteiger partial charge >= 0.3 is 0 Å². The molecule has 3 heteroatoms. The number of benzene rings is 3. The van der Waals surface area contributed by atoms with Gasteiger partial charge in [-0.15, -0.1) is 0 Å². The fourth-order valence-electron chi connectivity index (χ4n) is 2.76. The van der Waals surface area contributed by atoms with Crippen molar-refractivity contribution >= 4 is 32.6 Å². The van der Waals surface area contributed by atoms with Gasteiger partial charge in [-0.1, -0.05) is 24.3 Å². The highest BCUT2D eigenvalue weighted by atomic mass is 15.4. The molecule has 0 radical (unpaired) electrons. The van der Waals surface area contributed by atoms with Gasteiger partial charge in [0.2, 0.25) is 0 Å². The average Bonchev–Trinajstić information content (AvgIpc) is 2.78. The Morgan fingerprint density at radius 3 is 2.32 bits per heavy atom. The van der Waals surface area contributed by atoms with E-state index < -0.39 is 0 Å². The van der Waals surface area contributed by atoms with Gasteiger partial charge in [-0.05, 0) is 46.8 Å². The lowest BCUT2D eigenvalue weighted by atomic mass is 9.99. The van der Waals surface area contributed by atoms with Gasteiger partial charge in [0.1, 0.15) is 11.0 Å². The normalized spacial score (nSPS) is 11.7. The Morgan fingerprint density at radius 2 is 1.58 bits per heavy atom. The Kier molecular flexibility index (Phi) is 1.96. The lowest BCUT2D eigenvalue weighted by Gasteiger charge is -2.05. The molecule has 0 bridgehead atoms. The molecule has 0 N–H and O–H groups in total. The number of fused-ring (bicyclic) bond motifs is 4. The second-order valence-electron chi connectivity index (χ2n) is 5.00. The summed E-state index contributed by atoms with van der Waals surface area (Å²) in [5.74, 6) is 0. The van der Waals surface area contributed by atoms with Crippen LogP contribution in [0.1, 0.15) is 5.56 Å². The van der Waals surface area contributed by atoms with Gasteiger partial charge < -0.3 is 0 Å². The first-order chi connectivity index (χ1) is 9.22. The number of nitrogens with zero attached hydrogens (tertiary/aromatic N) is 3. The molecule has 0 spiro atoms. The van der Waals surface area contributed by atoms with E-state index in [1.807, 2.05) is 7.05 Å². The molecule has 1 heterocycles. The van der Waals surface area contributed by atoms with E-state index in [0.717, 1.165) is 11.0 Å². The summed E-state index contributed by atoms with van der Waals surface area (Å²) in [5.41, 5.74) is 3.19. The van der Waals surface area contributed by atoms with Gasteiger partial charge in [-0.3, -0.25) is 0 Å². The highest BCUT2D eigenvalue weighted by Crippen LogP contribution is 2.30. The van der Waals surface area contributed by atoms with Crippen LogP contribution in [0, 0.1) is 6.92 Å². The van der Waals surface area contributed by atoms with Crippen LogP contribution in [-0.2, 0) is 7.05 Å². The van der Waals surface area contributed by atoms with Crippen molar-refractivity contribution in [2.75, 3.05) is 0 Å². The number of hydrogen-bond acceptors (Lipinski definition) is 2. The molecule has 3 nitrogen and oxygen atoms in total. The van der Waals surface area contributed by atoms with Gasteiger partial charge in [-0.2, -0.15) is 15.0 Å². The summed E-state index contributed by atoms with van der Waals surface area (Å²) in [7, 11) is 1.86. The standard InChI is InChI=1S/C16H13N3/c1-10-7-15-16(18-19(2)17-15)14-9-12-6-4-3-5-11(12)8-13(10)14/h3-9H,1-2H3. The molecule has 0 aliphatic carbocycles. The second-order valence-corrected chi connectivity index (χ2v) is 5.00. The molecule has 0 saturated carbocycles. The van der Waals surface area contributed by atoms with Crippen molar-refractivity contribution < 1.29 is 0 Å². The zero-order valence-corrected chi connectivity index (χ0v) is 10.9. The fourth-order valence-corrected chi connectivity index (χ4v) is 2.76. The predicted molar refractivity (Wildman–Crippen MR) is 78.3 cm³/mol. The quantitative estimate of drug-likeness (QED) is 0.445. The van der Waals surface area contributed by atoms with Crippen molar-refractivity contribution in [1.29, 1.82) is 0 Å². The maximum atomic E-state index is 4.49. The SMILES string of the molecule is Cc1cc2nn(C)nc2c2cc3ccccc3cc12. The number of aryl methyl sites for hydroxylation is 2. The van der Waals surface area contributed by atoms with Crippen molar-refractivity contribution in [2.24, 2.45) is 7.05 Å². The lowest BCUT2D eigenvalue weighted by molar-refractivity contribution is 0.665. The monoisotopic (exact) mass is 247 g/mol. The molecule has 0 amide bonds. The van der Waals surface area contributed by atoms with Gasteiger partial charge in [-0.25, -0.2) is 0 Å². The zero-order valence-electron chi connectivity index (χ0n) is 10.9. The molecular formula is C16H13N3. The van der Waals surface area contributed by atoms with Crippen molar-refractivity contribution in [1.82, 2.24) is 15.0 Å². The van der Waals surface area contributed by atoms with E-state index in [1.54, 1.807) is 4.80 Å². The largest absolute Gasteiger partial charge is 0.187 e. The van der Waals surface area contributed by atoms with Crippen molar-refractivity contribution in [2.45, 2.75) is 6.92 Å². The first kappa shape index (κ1) is 10.5. The molecule has 0 aliphatic heterocycles. The van der Waals surface area contributed by atoms with Crippen LogP contribution in [0.15, 0.2) is 42.5 Å². The number of hydrogen-bond donors (Lipinski definition) is 0. The smallest absolute Gasteiger partial charge is 0.121 e. The van der Waals surface area contributed by atoms with Crippen LogP contribution in [0.4, 0.5) is 0 Å². The first-order valence-electron chi connectivity index (χ1n) is 6.35. The number of rotatable bonds is 0. The van der Waals surface area contributed by atoms with Crippen LogP contribution < -0.4 is 0 Å². The first-order valence-corrected chi connectivity index (χ1v) is 6.35. The van der Waals surface area contributed by atoms with E-state index in [2.05, 4.69) is 59.6 Å². The van der Waals surface area contributed by atoms with E-state index in [9.17, 15) is 0 Å². The molecule has 0 unspecified atom stereocenters. The van der Waals surface area contributed by atoms with Crippen LogP contribution >= 0.6 is 0 Å². The maximum Gasteiger partial charge on any atom is 0.121 e. The van der Waals surface area contributed by atoms with Crippen LogP contribution in [0.5, 0.6) is 0 Å². The molecule has 0 aliphatic rings. The summed E-state index contributed by atoms with van der Waals surface area (Å²) >= 11 is 0.